The molecule has 0 aliphatic carbocycles. The van der Waals surface area contributed by atoms with Gasteiger partial charge in [-0.2, -0.15) is 0 Å². The molecule has 0 radical (unpaired) electrons. The lowest BCUT2D eigenvalue weighted by molar-refractivity contribution is -0.137. The van der Waals surface area contributed by atoms with Crippen molar-refractivity contribution in [3.8, 4) is 0 Å². The van der Waals surface area contributed by atoms with E-state index < -0.39 is 5.97 Å². The Hall–Kier alpha value is -1.81. The average molecular weight is 348 g/mol. The first-order valence-corrected chi connectivity index (χ1v) is 7.71. The minimum absolute atomic E-state index is 0.194. The van der Waals surface area contributed by atoms with Crippen LogP contribution in [0.15, 0.2) is 59.1 Å². The van der Waals surface area contributed by atoms with Gasteiger partial charge in [-0.1, -0.05) is 52.3 Å². The van der Waals surface area contributed by atoms with E-state index in [4.69, 9.17) is 5.11 Å². The summed E-state index contributed by atoms with van der Waals surface area (Å²) in [5.74, 6) is -0.746. The van der Waals surface area contributed by atoms with Crippen molar-refractivity contribution in [2.24, 2.45) is 0 Å². The van der Waals surface area contributed by atoms with E-state index in [0.717, 1.165) is 23.2 Å². The van der Waals surface area contributed by atoms with Gasteiger partial charge in [-0.3, -0.25) is 4.79 Å². The maximum absolute atomic E-state index is 10.7. The molecule has 110 valence electrons. The molecule has 0 bridgehead atoms. The largest absolute Gasteiger partial charge is 0.481 e. The number of para-hydroxylation sites is 1. The van der Waals surface area contributed by atoms with Crippen LogP contribution < -0.4 is 4.90 Å². The number of aliphatic carboxylic acids is 1. The Balaban J connectivity index is 2.12. The lowest BCUT2D eigenvalue weighted by Crippen LogP contribution is -2.24. The number of rotatable bonds is 7. The maximum Gasteiger partial charge on any atom is 0.303 e. The van der Waals surface area contributed by atoms with Crippen LogP contribution in [0.3, 0.4) is 0 Å². The highest BCUT2D eigenvalue weighted by Gasteiger charge is 2.10. The molecule has 0 saturated heterocycles. The van der Waals surface area contributed by atoms with Crippen LogP contribution in [0.2, 0.25) is 0 Å². The van der Waals surface area contributed by atoms with Crippen LogP contribution in [0.5, 0.6) is 0 Å². The van der Waals surface area contributed by atoms with Crippen molar-refractivity contribution in [2.75, 3.05) is 11.4 Å². The molecule has 3 nitrogen and oxygen atoms in total. The van der Waals surface area contributed by atoms with Gasteiger partial charge < -0.3 is 10.0 Å². The molecule has 0 aliphatic heterocycles. The summed E-state index contributed by atoms with van der Waals surface area (Å²) < 4.78 is 1.07. The molecule has 2 aromatic carbocycles. The van der Waals surface area contributed by atoms with Crippen molar-refractivity contribution >= 4 is 27.6 Å². The van der Waals surface area contributed by atoms with Gasteiger partial charge in [0.25, 0.3) is 0 Å². The monoisotopic (exact) mass is 347 g/mol. The third-order valence-corrected chi connectivity index (χ3v) is 4.03. The molecule has 2 rings (SSSR count). The van der Waals surface area contributed by atoms with E-state index in [1.165, 1.54) is 5.56 Å². The Bertz CT molecular complexity index is 586. The average Bonchev–Trinajstić information content (AvgIpc) is 2.49. The molecule has 2 aromatic rings. The molecule has 0 spiro atoms. The normalized spacial score (nSPS) is 10.3. The quantitative estimate of drug-likeness (QED) is 0.810. The number of benzene rings is 2. The molecular formula is C17H18BrNO2. The third-order valence-electron chi connectivity index (χ3n) is 3.26. The Morgan fingerprint density at radius 2 is 1.71 bits per heavy atom. The molecule has 21 heavy (non-hydrogen) atoms. The van der Waals surface area contributed by atoms with Crippen LogP contribution in [0, 0.1) is 0 Å². The minimum atomic E-state index is -0.746. The van der Waals surface area contributed by atoms with Gasteiger partial charge in [0.15, 0.2) is 0 Å². The topological polar surface area (TPSA) is 40.5 Å². The predicted molar refractivity (Wildman–Crippen MR) is 88.5 cm³/mol. The number of anilines is 1. The van der Waals surface area contributed by atoms with Gasteiger partial charge in [-0.05, 0) is 30.2 Å². The van der Waals surface area contributed by atoms with Gasteiger partial charge in [0, 0.05) is 29.7 Å². The minimum Gasteiger partial charge on any atom is -0.481 e. The first kappa shape index (κ1) is 15.6. The first-order valence-electron chi connectivity index (χ1n) is 6.92. The highest BCUT2D eigenvalue weighted by atomic mass is 79.9. The van der Waals surface area contributed by atoms with Crippen LogP contribution >= 0.6 is 15.9 Å². The van der Waals surface area contributed by atoms with Gasteiger partial charge in [-0.25, -0.2) is 0 Å². The molecule has 1 N–H and O–H groups in total. The fourth-order valence-corrected chi connectivity index (χ4v) is 2.60. The number of halogens is 1. The summed E-state index contributed by atoms with van der Waals surface area (Å²) in [6.07, 6.45) is 0.827. The lowest BCUT2D eigenvalue weighted by atomic mass is 10.1. The van der Waals surface area contributed by atoms with E-state index in [1.807, 2.05) is 36.4 Å². The summed E-state index contributed by atoms with van der Waals surface area (Å²) in [5, 5.41) is 8.80. The fourth-order valence-electron chi connectivity index (χ4n) is 2.19. The second-order valence-electron chi connectivity index (χ2n) is 4.85. The molecule has 0 aliphatic rings. The van der Waals surface area contributed by atoms with Crippen molar-refractivity contribution in [1.29, 1.82) is 0 Å². The summed E-state index contributed by atoms with van der Waals surface area (Å²) in [4.78, 5) is 12.9. The van der Waals surface area contributed by atoms with Crippen LogP contribution in [-0.4, -0.2) is 17.6 Å². The van der Waals surface area contributed by atoms with Crippen LogP contribution in [0.4, 0.5) is 5.69 Å². The second-order valence-corrected chi connectivity index (χ2v) is 5.70. The molecule has 0 amide bonds. The molecule has 0 aromatic heterocycles. The van der Waals surface area contributed by atoms with E-state index in [0.29, 0.717) is 6.42 Å². The summed E-state index contributed by atoms with van der Waals surface area (Å²) in [5.41, 5.74) is 2.30. The SMILES string of the molecule is O=C(O)CCCN(Cc1ccccc1Br)c1ccccc1. The van der Waals surface area contributed by atoms with Gasteiger partial charge in [-0.15, -0.1) is 0 Å². The zero-order valence-corrected chi connectivity index (χ0v) is 13.3. The number of carboxylic acids is 1. The smallest absolute Gasteiger partial charge is 0.303 e. The number of carbonyl (C=O) groups is 1. The first-order chi connectivity index (χ1) is 10.2. The van der Waals surface area contributed by atoms with Gasteiger partial charge >= 0.3 is 5.97 Å². The summed E-state index contributed by atoms with van der Waals surface area (Å²) in [6.45, 7) is 1.47. The highest BCUT2D eigenvalue weighted by Crippen LogP contribution is 2.22. The van der Waals surface area contributed by atoms with Crippen LogP contribution in [-0.2, 0) is 11.3 Å². The van der Waals surface area contributed by atoms with Crippen molar-refractivity contribution in [3.05, 3.63) is 64.6 Å². The van der Waals surface area contributed by atoms with Crippen molar-refractivity contribution in [2.45, 2.75) is 19.4 Å². The standard InChI is InChI=1S/C17H18BrNO2/c18-16-10-5-4-7-14(16)13-19(12-6-11-17(20)21)15-8-2-1-3-9-15/h1-5,7-10H,6,11-13H2,(H,20,21). The summed E-state index contributed by atoms with van der Waals surface area (Å²) in [6, 6.07) is 18.2. The molecule has 0 unspecified atom stereocenters. The Labute approximate surface area is 133 Å². The number of hydrogen-bond acceptors (Lipinski definition) is 2. The van der Waals surface area contributed by atoms with E-state index in [1.54, 1.807) is 0 Å². The molecule has 0 heterocycles. The van der Waals surface area contributed by atoms with Crippen LogP contribution in [0.1, 0.15) is 18.4 Å². The van der Waals surface area contributed by atoms with E-state index in [9.17, 15) is 4.79 Å². The zero-order valence-electron chi connectivity index (χ0n) is 11.7. The molecule has 0 saturated carbocycles. The van der Waals surface area contributed by atoms with Crippen LogP contribution in [0.25, 0.3) is 0 Å². The van der Waals surface area contributed by atoms with Crippen molar-refractivity contribution < 1.29 is 9.90 Å². The second kappa shape index (κ2) is 7.84. The third kappa shape index (κ3) is 4.90. The maximum atomic E-state index is 10.7. The Morgan fingerprint density at radius 3 is 2.38 bits per heavy atom. The van der Waals surface area contributed by atoms with E-state index in [-0.39, 0.29) is 6.42 Å². The van der Waals surface area contributed by atoms with Crippen molar-refractivity contribution in [3.63, 3.8) is 0 Å². The number of carboxylic acid groups (broad SMARTS) is 1. The Kier molecular flexibility index (Phi) is 5.81. The number of nitrogens with zero attached hydrogens (tertiary/aromatic N) is 1. The van der Waals surface area contributed by atoms with E-state index >= 15 is 0 Å². The summed E-state index contributed by atoms with van der Waals surface area (Å²) >= 11 is 3.57. The zero-order chi connectivity index (χ0) is 15.1. The molecular weight excluding hydrogens is 330 g/mol. The molecule has 0 fully saturated rings. The summed E-state index contributed by atoms with van der Waals surface area (Å²) in [7, 11) is 0. The molecule has 4 heteroatoms. The predicted octanol–water partition coefficient (Wildman–Crippen LogP) is 4.32. The van der Waals surface area contributed by atoms with Gasteiger partial charge in [0.2, 0.25) is 0 Å². The highest BCUT2D eigenvalue weighted by molar-refractivity contribution is 9.10. The van der Waals surface area contributed by atoms with Crippen molar-refractivity contribution in [1.82, 2.24) is 0 Å². The van der Waals surface area contributed by atoms with Gasteiger partial charge in [0.1, 0.15) is 0 Å². The fraction of sp³-hybridized carbons (Fsp3) is 0.235. The molecule has 0 atom stereocenters. The van der Waals surface area contributed by atoms with Gasteiger partial charge in [0.05, 0.1) is 0 Å². The Morgan fingerprint density at radius 1 is 1.05 bits per heavy atom. The lowest BCUT2D eigenvalue weighted by Gasteiger charge is -2.25. The number of hydrogen-bond donors (Lipinski definition) is 1. The van der Waals surface area contributed by atoms with E-state index in [2.05, 4.69) is 39.0 Å².